The van der Waals surface area contributed by atoms with Crippen molar-refractivity contribution in [2.75, 3.05) is 7.11 Å². The molecule has 1 amide bonds. The number of amides is 1. The molecule has 0 aliphatic heterocycles. The van der Waals surface area contributed by atoms with E-state index >= 15 is 0 Å². The third-order valence-corrected chi connectivity index (χ3v) is 5.47. The molecule has 1 atom stereocenters. The van der Waals surface area contributed by atoms with E-state index in [0.717, 1.165) is 23.3 Å². The van der Waals surface area contributed by atoms with Gasteiger partial charge < -0.3 is 10.1 Å². The number of carbonyl (C=O) groups excluding carboxylic acids is 1. The molecule has 0 unspecified atom stereocenters. The van der Waals surface area contributed by atoms with Gasteiger partial charge in [-0.3, -0.25) is 4.79 Å². The van der Waals surface area contributed by atoms with Crippen LogP contribution in [0, 0.1) is 5.41 Å². The summed E-state index contributed by atoms with van der Waals surface area (Å²) in [7, 11) is 1.65. The second-order valence-corrected chi connectivity index (χ2v) is 7.29. The van der Waals surface area contributed by atoms with E-state index in [2.05, 4.69) is 24.5 Å². The molecule has 1 aromatic heterocycles. The quantitative estimate of drug-likeness (QED) is 0.913. The van der Waals surface area contributed by atoms with Gasteiger partial charge in [0.1, 0.15) is 5.75 Å². The standard InChI is InChI=1S/C18H21NO2S/c1-17(2)12-18(17,14-4-6-15(21-3)7-5-14)16(20)19-10-13-8-9-22-11-13/h4-9,11H,10,12H2,1-3H3,(H,19,20)/t18-/m1/s1. The second-order valence-electron chi connectivity index (χ2n) is 6.51. The third kappa shape index (κ3) is 2.41. The average Bonchev–Trinajstić information content (AvgIpc) is 2.90. The van der Waals surface area contributed by atoms with Gasteiger partial charge in [0.05, 0.1) is 12.5 Å². The summed E-state index contributed by atoms with van der Waals surface area (Å²) >= 11 is 1.65. The highest BCUT2D eigenvalue weighted by Crippen LogP contribution is 2.64. The molecule has 3 rings (SSSR count). The van der Waals surface area contributed by atoms with Crippen LogP contribution in [-0.2, 0) is 16.8 Å². The monoisotopic (exact) mass is 315 g/mol. The Morgan fingerprint density at radius 2 is 1.95 bits per heavy atom. The van der Waals surface area contributed by atoms with E-state index in [-0.39, 0.29) is 11.3 Å². The van der Waals surface area contributed by atoms with E-state index < -0.39 is 5.41 Å². The first-order chi connectivity index (χ1) is 10.5. The summed E-state index contributed by atoms with van der Waals surface area (Å²) in [5.74, 6) is 0.935. The molecule has 0 spiro atoms. The number of methoxy groups -OCH3 is 1. The third-order valence-electron chi connectivity index (χ3n) is 4.74. The molecule has 1 saturated carbocycles. The van der Waals surface area contributed by atoms with E-state index in [4.69, 9.17) is 4.74 Å². The molecule has 1 aromatic carbocycles. The zero-order valence-electron chi connectivity index (χ0n) is 13.2. The highest BCUT2D eigenvalue weighted by atomic mass is 32.1. The smallest absolute Gasteiger partial charge is 0.231 e. The van der Waals surface area contributed by atoms with Gasteiger partial charge in [-0.25, -0.2) is 0 Å². The van der Waals surface area contributed by atoms with Crippen LogP contribution in [0.25, 0.3) is 0 Å². The van der Waals surface area contributed by atoms with E-state index in [1.54, 1.807) is 18.4 Å². The first-order valence-electron chi connectivity index (χ1n) is 7.43. The maximum absolute atomic E-state index is 12.9. The van der Waals surface area contributed by atoms with Gasteiger partial charge in [-0.1, -0.05) is 26.0 Å². The molecule has 116 valence electrons. The Bertz CT molecular complexity index is 661. The van der Waals surface area contributed by atoms with Crippen LogP contribution in [0.1, 0.15) is 31.4 Å². The van der Waals surface area contributed by atoms with Crippen molar-refractivity contribution >= 4 is 17.2 Å². The van der Waals surface area contributed by atoms with Gasteiger partial charge in [0, 0.05) is 6.54 Å². The van der Waals surface area contributed by atoms with Crippen molar-refractivity contribution in [3.63, 3.8) is 0 Å². The zero-order chi connectivity index (χ0) is 15.8. The number of carbonyl (C=O) groups is 1. The van der Waals surface area contributed by atoms with Crippen molar-refractivity contribution < 1.29 is 9.53 Å². The minimum Gasteiger partial charge on any atom is -0.497 e. The highest BCUT2D eigenvalue weighted by molar-refractivity contribution is 7.07. The van der Waals surface area contributed by atoms with Crippen molar-refractivity contribution in [2.24, 2.45) is 5.41 Å². The molecule has 0 radical (unpaired) electrons. The lowest BCUT2D eigenvalue weighted by Crippen LogP contribution is -2.37. The second kappa shape index (κ2) is 5.43. The number of nitrogens with one attached hydrogen (secondary N) is 1. The van der Waals surface area contributed by atoms with E-state index in [1.165, 1.54) is 0 Å². The summed E-state index contributed by atoms with van der Waals surface area (Å²) in [4.78, 5) is 12.9. The molecular formula is C18H21NO2S. The SMILES string of the molecule is COc1ccc([C@@]2(C(=O)NCc3ccsc3)CC2(C)C)cc1. The number of rotatable bonds is 5. The van der Waals surface area contributed by atoms with Gasteiger partial charge in [-0.2, -0.15) is 11.3 Å². The lowest BCUT2D eigenvalue weighted by molar-refractivity contribution is -0.124. The lowest BCUT2D eigenvalue weighted by atomic mass is 9.87. The topological polar surface area (TPSA) is 38.3 Å². The fourth-order valence-corrected chi connectivity index (χ4v) is 3.90. The van der Waals surface area contributed by atoms with Crippen molar-refractivity contribution in [2.45, 2.75) is 32.2 Å². The predicted molar refractivity (Wildman–Crippen MR) is 89.2 cm³/mol. The molecular weight excluding hydrogens is 294 g/mol. The summed E-state index contributed by atoms with van der Waals surface area (Å²) < 4.78 is 5.21. The van der Waals surface area contributed by atoms with Gasteiger partial charge >= 0.3 is 0 Å². The summed E-state index contributed by atoms with van der Waals surface area (Å²) in [6, 6.07) is 9.92. The molecule has 2 aromatic rings. The number of hydrogen-bond donors (Lipinski definition) is 1. The van der Waals surface area contributed by atoms with Crippen molar-refractivity contribution in [1.29, 1.82) is 0 Å². The maximum Gasteiger partial charge on any atom is 0.231 e. The Morgan fingerprint density at radius 1 is 1.27 bits per heavy atom. The Balaban J connectivity index is 1.81. The van der Waals surface area contributed by atoms with Gasteiger partial charge in [0.15, 0.2) is 0 Å². The predicted octanol–water partition coefficient (Wildman–Crippen LogP) is 3.74. The summed E-state index contributed by atoms with van der Waals surface area (Å²) in [5.41, 5.74) is 1.79. The van der Waals surface area contributed by atoms with E-state index in [0.29, 0.717) is 6.54 Å². The van der Waals surface area contributed by atoms with Crippen molar-refractivity contribution in [3.05, 3.63) is 52.2 Å². The summed E-state index contributed by atoms with van der Waals surface area (Å²) in [6.07, 6.45) is 0.877. The van der Waals surface area contributed by atoms with Crippen LogP contribution < -0.4 is 10.1 Å². The van der Waals surface area contributed by atoms with Crippen LogP contribution in [0.15, 0.2) is 41.1 Å². The normalized spacial score (nSPS) is 22.1. The van der Waals surface area contributed by atoms with Gasteiger partial charge in [-0.05, 0) is 51.9 Å². The highest BCUT2D eigenvalue weighted by Gasteiger charge is 2.66. The van der Waals surface area contributed by atoms with Crippen LogP contribution in [0.3, 0.4) is 0 Å². The molecule has 0 bridgehead atoms. The fraction of sp³-hybridized carbons (Fsp3) is 0.389. The molecule has 1 heterocycles. The molecule has 1 fully saturated rings. The van der Waals surface area contributed by atoms with Crippen LogP contribution in [0.5, 0.6) is 5.75 Å². The Morgan fingerprint density at radius 3 is 2.45 bits per heavy atom. The van der Waals surface area contributed by atoms with Gasteiger partial charge in [-0.15, -0.1) is 0 Å². The van der Waals surface area contributed by atoms with Gasteiger partial charge in [0.25, 0.3) is 0 Å². The molecule has 1 aliphatic carbocycles. The van der Waals surface area contributed by atoms with Crippen molar-refractivity contribution in [3.8, 4) is 5.75 Å². The number of hydrogen-bond acceptors (Lipinski definition) is 3. The zero-order valence-corrected chi connectivity index (χ0v) is 14.0. The summed E-state index contributed by atoms with van der Waals surface area (Å²) in [6.45, 7) is 4.90. The number of ether oxygens (including phenoxy) is 1. The molecule has 1 N–H and O–H groups in total. The molecule has 22 heavy (non-hydrogen) atoms. The minimum atomic E-state index is -0.421. The molecule has 0 saturated heterocycles. The first-order valence-corrected chi connectivity index (χ1v) is 8.38. The fourth-order valence-electron chi connectivity index (χ4n) is 3.23. The minimum absolute atomic E-state index is 0.0136. The van der Waals surface area contributed by atoms with Gasteiger partial charge in [0.2, 0.25) is 5.91 Å². The van der Waals surface area contributed by atoms with Crippen LogP contribution in [0.4, 0.5) is 0 Å². The maximum atomic E-state index is 12.9. The Hall–Kier alpha value is -1.81. The molecule has 3 nitrogen and oxygen atoms in total. The largest absolute Gasteiger partial charge is 0.497 e. The molecule has 1 aliphatic rings. The number of thiophene rings is 1. The lowest BCUT2D eigenvalue weighted by Gasteiger charge is -2.21. The Labute approximate surface area is 135 Å². The number of benzene rings is 1. The van der Waals surface area contributed by atoms with E-state index in [1.807, 2.05) is 35.7 Å². The van der Waals surface area contributed by atoms with Crippen molar-refractivity contribution in [1.82, 2.24) is 5.32 Å². The first kappa shape index (κ1) is 15.1. The van der Waals surface area contributed by atoms with E-state index in [9.17, 15) is 4.79 Å². The molecule has 4 heteroatoms. The average molecular weight is 315 g/mol. The summed E-state index contributed by atoms with van der Waals surface area (Å²) in [5, 5.41) is 7.20. The van der Waals surface area contributed by atoms with Crippen LogP contribution in [0.2, 0.25) is 0 Å². The Kier molecular flexibility index (Phi) is 3.73. The van der Waals surface area contributed by atoms with Crippen LogP contribution in [-0.4, -0.2) is 13.0 Å². The van der Waals surface area contributed by atoms with Crippen LogP contribution >= 0.6 is 11.3 Å².